The third-order valence-corrected chi connectivity index (χ3v) is 7.25. The van der Waals surface area contributed by atoms with Crippen molar-refractivity contribution in [2.24, 2.45) is 5.73 Å². The highest BCUT2D eigenvalue weighted by Gasteiger charge is 2.30. The molecule has 39 heavy (non-hydrogen) atoms. The number of primary amides is 1. The van der Waals surface area contributed by atoms with Crippen LogP contribution in [0.4, 0.5) is 0 Å². The summed E-state index contributed by atoms with van der Waals surface area (Å²) in [4.78, 5) is 45.7. The normalized spacial score (nSPS) is 15.5. The number of Topliss-reactive ketones (excluding diaryl/α,β-unsaturated/α-hetero) is 1. The molecule has 1 aromatic heterocycles. The number of pyridine rings is 1. The molecule has 0 aliphatic carbocycles. The number of rotatable bonds is 10. The molecule has 1 fully saturated rings. The highest BCUT2D eigenvalue weighted by molar-refractivity contribution is 6.04. The minimum atomic E-state index is -0.380. The van der Waals surface area contributed by atoms with Crippen LogP contribution in [0.25, 0.3) is 0 Å². The number of amides is 2. The largest absolute Gasteiger partial charge is 0.493 e. The highest BCUT2D eigenvalue weighted by atomic mass is 16.5. The van der Waals surface area contributed by atoms with Crippen molar-refractivity contribution in [3.8, 4) is 5.75 Å². The van der Waals surface area contributed by atoms with E-state index in [2.05, 4.69) is 25.8 Å². The number of nitrogens with one attached hydrogen (secondary N) is 1. The van der Waals surface area contributed by atoms with Crippen LogP contribution in [0.1, 0.15) is 91.3 Å². The summed E-state index contributed by atoms with van der Waals surface area (Å²) in [6.07, 6.45) is 3.05. The van der Waals surface area contributed by atoms with Gasteiger partial charge in [0.15, 0.2) is 5.78 Å². The molecule has 2 aromatic rings. The number of nitrogens with two attached hydrogens (primary N) is 1. The van der Waals surface area contributed by atoms with Gasteiger partial charge in [-0.15, -0.1) is 0 Å². The molecule has 3 N–H and O–H groups in total. The lowest BCUT2D eigenvalue weighted by atomic mass is 9.83. The number of amidine groups is 1. The Labute approximate surface area is 230 Å². The third-order valence-electron chi connectivity index (χ3n) is 7.25. The van der Waals surface area contributed by atoms with Crippen LogP contribution in [0.2, 0.25) is 0 Å². The molecule has 4 rings (SSSR count). The van der Waals surface area contributed by atoms with Gasteiger partial charge in [-0.05, 0) is 49.8 Å². The average Bonchev–Trinajstić information content (AvgIpc) is 3.17. The summed E-state index contributed by atoms with van der Waals surface area (Å²) < 4.78 is 6.25. The van der Waals surface area contributed by atoms with Gasteiger partial charge in [-0.25, -0.2) is 4.98 Å². The van der Waals surface area contributed by atoms with Crippen molar-refractivity contribution in [3.05, 3.63) is 57.9 Å². The van der Waals surface area contributed by atoms with Gasteiger partial charge in [0.2, 0.25) is 11.8 Å². The molecule has 0 atom stereocenters. The minimum Gasteiger partial charge on any atom is -0.493 e. The number of fused-ring (bicyclic) bond motifs is 1. The van der Waals surface area contributed by atoms with Gasteiger partial charge in [-0.1, -0.05) is 26.8 Å². The first-order chi connectivity index (χ1) is 18.4. The molecule has 2 aliphatic heterocycles. The summed E-state index contributed by atoms with van der Waals surface area (Å²) in [5.41, 5.74) is 9.52. The second kappa shape index (κ2) is 11.6. The predicted octanol–water partition coefficient (Wildman–Crippen LogP) is 3.87. The molecule has 2 aliphatic rings. The molecular weight excluding hydrogens is 494 g/mol. The summed E-state index contributed by atoms with van der Waals surface area (Å²) in [6, 6.07) is 7.59. The molecule has 208 valence electrons. The van der Waals surface area contributed by atoms with Gasteiger partial charge in [0, 0.05) is 60.4 Å². The fourth-order valence-electron chi connectivity index (χ4n) is 5.10. The van der Waals surface area contributed by atoms with E-state index >= 15 is 0 Å². The summed E-state index contributed by atoms with van der Waals surface area (Å²) in [7, 11) is 0. The first-order valence-electron chi connectivity index (χ1n) is 13.6. The Morgan fingerprint density at radius 3 is 2.62 bits per heavy atom. The van der Waals surface area contributed by atoms with Gasteiger partial charge < -0.3 is 20.3 Å². The summed E-state index contributed by atoms with van der Waals surface area (Å²) in [5.74, 6) is 0.520. The number of hydrogen-bond acceptors (Lipinski definition) is 6. The standard InChI is InChI=1S/C30H39N5O4/c1-19-10-11-20-16-35(29(32)27(20)33-19)18-24(36)21-14-22(17-34-12-6-5-9-26(34)38)28(23(15-21)30(2,3)4)39-13-7-8-25(31)37/h10-11,14-15,32H,5-9,12-13,16-18H2,1-4H3,(H2,31,37). The van der Waals surface area contributed by atoms with E-state index in [1.807, 2.05) is 36.1 Å². The zero-order valence-electron chi connectivity index (χ0n) is 23.4. The van der Waals surface area contributed by atoms with Gasteiger partial charge in [0.1, 0.15) is 17.3 Å². The highest BCUT2D eigenvalue weighted by Crippen LogP contribution is 2.37. The zero-order chi connectivity index (χ0) is 28.3. The van der Waals surface area contributed by atoms with Gasteiger partial charge in [0.25, 0.3) is 0 Å². The van der Waals surface area contributed by atoms with Crippen molar-refractivity contribution >= 4 is 23.4 Å². The molecule has 1 aromatic carbocycles. The molecule has 0 bridgehead atoms. The van der Waals surface area contributed by atoms with E-state index in [0.29, 0.717) is 56.1 Å². The van der Waals surface area contributed by atoms with Crippen molar-refractivity contribution in [1.29, 1.82) is 5.41 Å². The molecule has 2 amide bonds. The molecule has 1 saturated heterocycles. The van der Waals surface area contributed by atoms with E-state index in [1.165, 1.54) is 0 Å². The van der Waals surface area contributed by atoms with Crippen LogP contribution < -0.4 is 10.5 Å². The van der Waals surface area contributed by atoms with Gasteiger partial charge in [0.05, 0.1) is 13.2 Å². The number of hydrogen-bond donors (Lipinski definition) is 2. The Kier molecular flexibility index (Phi) is 8.37. The number of benzene rings is 1. The van der Waals surface area contributed by atoms with Crippen molar-refractivity contribution in [1.82, 2.24) is 14.8 Å². The Hall–Kier alpha value is -3.75. The zero-order valence-corrected chi connectivity index (χ0v) is 23.4. The van der Waals surface area contributed by atoms with Crippen LogP contribution >= 0.6 is 0 Å². The number of piperidine rings is 1. The molecule has 9 nitrogen and oxygen atoms in total. The smallest absolute Gasteiger partial charge is 0.222 e. The number of ether oxygens (including phenoxy) is 1. The van der Waals surface area contributed by atoms with Gasteiger partial charge >= 0.3 is 0 Å². The molecule has 3 heterocycles. The lowest BCUT2D eigenvalue weighted by Crippen LogP contribution is -2.35. The van der Waals surface area contributed by atoms with E-state index in [9.17, 15) is 14.4 Å². The Balaban J connectivity index is 1.65. The Morgan fingerprint density at radius 2 is 1.92 bits per heavy atom. The van der Waals surface area contributed by atoms with E-state index in [4.69, 9.17) is 15.9 Å². The topological polar surface area (TPSA) is 130 Å². The van der Waals surface area contributed by atoms with E-state index in [0.717, 1.165) is 35.2 Å². The first-order valence-corrected chi connectivity index (χ1v) is 13.6. The number of nitrogens with zero attached hydrogens (tertiary/aromatic N) is 3. The van der Waals surface area contributed by atoms with Crippen molar-refractivity contribution in [2.45, 2.75) is 78.3 Å². The number of ketones is 1. The molecule has 0 saturated carbocycles. The van der Waals surface area contributed by atoms with E-state index in [-0.39, 0.29) is 41.8 Å². The maximum absolute atomic E-state index is 13.7. The monoisotopic (exact) mass is 533 g/mol. The van der Waals surface area contributed by atoms with Gasteiger partial charge in [-0.2, -0.15) is 0 Å². The maximum atomic E-state index is 13.7. The Bertz CT molecular complexity index is 1300. The summed E-state index contributed by atoms with van der Waals surface area (Å²) in [5, 5.41) is 8.59. The number of carbonyl (C=O) groups excluding carboxylic acids is 3. The minimum absolute atomic E-state index is 0.0543. The quantitative estimate of drug-likeness (QED) is 0.352. The molecule has 0 radical (unpaired) electrons. The SMILES string of the molecule is Cc1ccc2c(n1)C(=N)N(CC(=O)c1cc(CN3CCCCC3=O)c(OCCCC(N)=O)c(C(C)(C)C)c1)C2. The van der Waals surface area contributed by atoms with Crippen LogP contribution in [0.3, 0.4) is 0 Å². The van der Waals surface area contributed by atoms with Crippen molar-refractivity contribution in [2.75, 3.05) is 19.7 Å². The van der Waals surface area contributed by atoms with Crippen LogP contribution in [0, 0.1) is 12.3 Å². The first kappa shape index (κ1) is 28.3. The number of aromatic nitrogens is 1. The molecular formula is C30H39N5O4. The molecule has 0 unspecified atom stereocenters. The summed E-state index contributed by atoms with van der Waals surface area (Å²) >= 11 is 0. The summed E-state index contributed by atoms with van der Waals surface area (Å²) in [6.45, 7) is 9.91. The van der Waals surface area contributed by atoms with Crippen LogP contribution in [-0.2, 0) is 28.1 Å². The number of aryl methyl sites for hydroxylation is 1. The average molecular weight is 534 g/mol. The number of likely N-dealkylation sites (tertiary alicyclic amines) is 1. The van der Waals surface area contributed by atoms with E-state index < -0.39 is 0 Å². The lowest BCUT2D eigenvalue weighted by molar-refractivity contribution is -0.133. The fraction of sp³-hybridized carbons (Fsp3) is 0.500. The number of carbonyl (C=O) groups is 3. The molecule has 0 spiro atoms. The van der Waals surface area contributed by atoms with Crippen LogP contribution in [0.5, 0.6) is 5.75 Å². The fourth-order valence-corrected chi connectivity index (χ4v) is 5.10. The molecule has 9 heteroatoms. The predicted molar refractivity (Wildman–Crippen MR) is 149 cm³/mol. The lowest BCUT2D eigenvalue weighted by Gasteiger charge is -2.30. The van der Waals surface area contributed by atoms with Crippen LogP contribution in [0.15, 0.2) is 24.3 Å². The van der Waals surface area contributed by atoms with Crippen molar-refractivity contribution in [3.63, 3.8) is 0 Å². The second-order valence-electron chi connectivity index (χ2n) is 11.5. The van der Waals surface area contributed by atoms with Crippen LogP contribution in [-0.4, -0.2) is 57.9 Å². The van der Waals surface area contributed by atoms with E-state index in [1.54, 1.807) is 4.90 Å². The second-order valence-corrected chi connectivity index (χ2v) is 11.5. The third kappa shape index (κ3) is 6.64. The van der Waals surface area contributed by atoms with Gasteiger partial charge in [-0.3, -0.25) is 19.8 Å². The Morgan fingerprint density at radius 1 is 1.15 bits per heavy atom. The maximum Gasteiger partial charge on any atom is 0.222 e. The van der Waals surface area contributed by atoms with Crippen molar-refractivity contribution < 1.29 is 19.1 Å².